The lowest BCUT2D eigenvalue weighted by Crippen LogP contribution is -2.34. The van der Waals surface area contributed by atoms with Crippen LogP contribution in [0.5, 0.6) is 0 Å². The summed E-state index contributed by atoms with van der Waals surface area (Å²) >= 11 is 7.57. The summed E-state index contributed by atoms with van der Waals surface area (Å²) in [6, 6.07) is 3.99. The van der Waals surface area contributed by atoms with E-state index in [9.17, 15) is 13.2 Å². The highest BCUT2D eigenvalue weighted by atomic mass is 35.5. The van der Waals surface area contributed by atoms with Gasteiger partial charge in [0.1, 0.15) is 0 Å². The summed E-state index contributed by atoms with van der Waals surface area (Å²) in [5.74, 6) is 0.767. The van der Waals surface area contributed by atoms with Crippen molar-refractivity contribution in [2.45, 2.75) is 29.4 Å². The summed E-state index contributed by atoms with van der Waals surface area (Å²) in [6.45, 7) is 1.87. The average Bonchev–Trinajstić information content (AvgIpc) is 2.79. The summed E-state index contributed by atoms with van der Waals surface area (Å²) in [5, 5.41) is 8.04. The van der Waals surface area contributed by atoms with E-state index < -0.39 is 14.8 Å². The van der Waals surface area contributed by atoms with Crippen LogP contribution in [0.25, 0.3) is 0 Å². The molecule has 1 aliphatic rings. The molecule has 0 spiro atoms. The fraction of sp³-hybridized carbons (Fsp3) is 0.417. The van der Waals surface area contributed by atoms with Crippen LogP contribution in [-0.4, -0.2) is 24.8 Å². The fourth-order valence-electron chi connectivity index (χ4n) is 1.99. The SMILES string of the molecule is CC1(C(=O)Nc2cc(S(N)(=O)=O)ccc2Cl)CCCS1. The van der Waals surface area contributed by atoms with Crippen LogP contribution >= 0.6 is 23.4 Å². The van der Waals surface area contributed by atoms with Crippen LogP contribution < -0.4 is 10.5 Å². The van der Waals surface area contributed by atoms with Crippen molar-refractivity contribution in [1.82, 2.24) is 0 Å². The summed E-state index contributed by atoms with van der Waals surface area (Å²) in [4.78, 5) is 12.2. The number of carbonyl (C=O) groups excluding carboxylic acids is 1. The Balaban J connectivity index is 2.27. The van der Waals surface area contributed by atoms with E-state index in [0.717, 1.165) is 18.6 Å². The normalized spacial score (nSPS) is 22.8. The van der Waals surface area contributed by atoms with E-state index in [4.69, 9.17) is 16.7 Å². The van der Waals surface area contributed by atoms with Crippen LogP contribution in [0.2, 0.25) is 5.02 Å². The zero-order valence-electron chi connectivity index (χ0n) is 10.8. The Bertz CT molecular complexity index is 640. The van der Waals surface area contributed by atoms with Gasteiger partial charge < -0.3 is 5.32 Å². The van der Waals surface area contributed by atoms with Gasteiger partial charge in [0.15, 0.2) is 0 Å². The number of hydrogen-bond donors (Lipinski definition) is 2. The minimum absolute atomic E-state index is 0.0820. The molecule has 1 aromatic rings. The molecule has 0 saturated carbocycles. The molecule has 0 radical (unpaired) electrons. The highest BCUT2D eigenvalue weighted by Gasteiger charge is 2.37. The quantitative estimate of drug-likeness (QED) is 0.886. The largest absolute Gasteiger partial charge is 0.324 e. The van der Waals surface area contributed by atoms with Crippen molar-refractivity contribution in [2.75, 3.05) is 11.1 Å². The highest BCUT2D eigenvalue weighted by Crippen LogP contribution is 2.39. The summed E-state index contributed by atoms with van der Waals surface area (Å²) < 4.78 is 22.1. The Hall–Kier alpha value is -0.760. The van der Waals surface area contributed by atoms with Gasteiger partial charge in [-0.3, -0.25) is 4.79 Å². The molecule has 1 atom stereocenters. The number of sulfonamides is 1. The van der Waals surface area contributed by atoms with Crippen molar-refractivity contribution in [3.8, 4) is 0 Å². The molecule has 1 saturated heterocycles. The third kappa shape index (κ3) is 3.28. The van der Waals surface area contributed by atoms with Gasteiger partial charge >= 0.3 is 0 Å². The predicted molar refractivity (Wildman–Crippen MR) is 81.6 cm³/mol. The molecule has 1 unspecified atom stereocenters. The number of amides is 1. The molecule has 1 heterocycles. The smallest absolute Gasteiger partial charge is 0.240 e. The zero-order valence-corrected chi connectivity index (χ0v) is 13.2. The number of thioether (sulfide) groups is 1. The molecule has 2 rings (SSSR count). The molecule has 1 aromatic carbocycles. The van der Waals surface area contributed by atoms with Gasteiger partial charge in [-0.15, -0.1) is 11.8 Å². The van der Waals surface area contributed by atoms with Crippen molar-refractivity contribution in [3.05, 3.63) is 23.2 Å². The Morgan fingerprint density at radius 1 is 1.50 bits per heavy atom. The van der Waals surface area contributed by atoms with Gasteiger partial charge in [-0.05, 0) is 43.7 Å². The van der Waals surface area contributed by atoms with Crippen molar-refractivity contribution in [3.63, 3.8) is 0 Å². The van der Waals surface area contributed by atoms with Gasteiger partial charge in [0.2, 0.25) is 15.9 Å². The Morgan fingerprint density at radius 2 is 2.20 bits per heavy atom. The Kier molecular flexibility index (Phi) is 4.34. The number of nitrogens with one attached hydrogen (secondary N) is 1. The molecular weight excluding hydrogens is 320 g/mol. The second-order valence-corrected chi connectivity index (χ2v) is 8.39. The maximum atomic E-state index is 12.3. The van der Waals surface area contributed by atoms with Crippen molar-refractivity contribution in [1.29, 1.82) is 0 Å². The Morgan fingerprint density at radius 3 is 2.75 bits per heavy atom. The lowest BCUT2D eigenvalue weighted by atomic mass is 10.0. The number of anilines is 1. The highest BCUT2D eigenvalue weighted by molar-refractivity contribution is 8.01. The van der Waals surface area contributed by atoms with Gasteiger partial charge in [-0.25, -0.2) is 13.6 Å². The second-order valence-electron chi connectivity index (χ2n) is 4.82. The van der Waals surface area contributed by atoms with Gasteiger partial charge in [0, 0.05) is 0 Å². The summed E-state index contributed by atoms with van der Waals surface area (Å²) in [7, 11) is -3.83. The lowest BCUT2D eigenvalue weighted by molar-refractivity contribution is -0.118. The van der Waals surface area contributed by atoms with E-state index in [2.05, 4.69) is 5.32 Å². The summed E-state index contributed by atoms with van der Waals surface area (Å²) in [6.07, 6.45) is 1.77. The molecule has 1 amide bonds. The lowest BCUT2D eigenvalue weighted by Gasteiger charge is -2.22. The van der Waals surface area contributed by atoms with Crippen LogP contribution in [-0.2, 0) is 14.8 Å². The first-order chi connectivity index (χ1) is 9.22. The molecule has 5 nitrogen and oxygen atoms in total. The standard InChI is InChI=1S/C12H15ClN2O3S2/c1-12(5-2-6-19-12)11(16)15-10-7-8(20(14,17)18)3-4-9(10)13/h3-4,7H,2,5-6H2,1H3,(H,15,16)(H2,14,17,18). The first kappa shape index (κ1) is 15.6. The second kappa shape index (κ2) is 5.55. The molecule has 20 heavy (non-hydrogen) atoms. The number of primary sulfonamides is 1. The van der Waals surface area contributed by atoms with Crippen LogP contribution in [0.4, 0.5) is 5.69 Å². The molecule has 110 valence electrons. The topological polar surface area (TPSA) is 89.3 Å². The number of halogens is 1. The summed E-state index contributed by atoms with van der Waals surface area (Å²) in [5.41, 5.74) is 0.261. The minimum atomic E-state index is -3.83. The first-order valence-corrected chi connectivity index (χ1v) is 8.91. The zero-order chi connectivity index (χ0) is 15.0. The third-order valence-electron chi connectivity index (χ3n) is 3.21. The molecule has 0 aliphatic carbocycles. The van der Waals surface area contributed by atoms with E-state index in [0.29, 0.717) is 0 Å². The van der Waals surface area contributed by atoms with E-state index in [-0.39, 0.29) is 21.5 Å². The van der Waals surface area contributed by atoms with E-state index in [1.165, 1.54) is 18.2 Å². The van der Waals surface area contributed by atoms with E-state index in [1.54, 1.807) is 11.8 Å². The monoisotopic (exact) mass is 334 g/mol. The predicted octanol–water partition coefficient (Wildman–Crippen LogP) is 2.21. The number of carbonyl (C=O) groups is 1. The maximum absolute atomic E-state index is 12.3. The fourth-order valence-corrected chi connectivity index (χ4v) is 3.90. The average molecular weight is 335 g/mol. The molecule has 0 aromatic heterocycles. The van der Waals surface area contributed by atoms with Gasteiger partial charge in [0.05, 0.1) is 20.4 Å². The molecule has 1 fully saturated rings. The molecular formula is C12H15ClN2O3S2. The molecule has 0 bridgehead atoms. The van der Waals surface area contributed by atoms with Crippen LogP contribution in [0.1, 0.15) is 19.8 Å². The number of rotatable bonds is 3. The van der Waals surface area contributed by atoms with Gasteiger partial charge in [-0.2, -0.15) is 0 Å². The molecule has 1 aliphatic heterocycles. The minimum Gasteiger partial charge on any atom is -0.324 e. The van der Waals surface area contributed by atoms with Gasteiger partial charge in [-0.1, -0.05) is 11.6 Å². The van der Waals surface area contributed by atoms with E-state index in [1.807, 2.05) is 6.92 Å². The first-order valence-electron chi connectivity index (χ1n) is 6.00. The van der Waals surface area contributed by atoms with Crippen molar-refractivity contribution in [2.24, 2.45) is 5.14 Å². The number of nitrogens with two attached hydrogens (primary N) is 1. The van der Waals surface area contributed by atoms with Crippen molar-refractivity contribution >= 4 is 45.0 Å². The maximum Gasteiger partial charge on any atom is 0.240 e. The van der Waals surface area contributed by atoms with Gasteiger partial charge in [0.25, 0.3) is 0 Å². The van der Waals surface area contributed by atoms with Crippen LogP contribution in [0.3, 0.4) is 0 Å². The number of benzene rings is 1. The van der Waals surface area contributed by atoms with E-state index >= 15 is 0 Å². The van der Waals surface area contributed by atoms with Crippen LogP contribution in [0.15, 0.2) is 23.1 Å². The number of hydrogen-bond acceptors (Lipinski definition) is 4. The molecule has 3 N–H and O–H groups in total. The third-order valence-corrected chi connectivity index (χ3v) is 5.97. The molecule has 8 heteroatoms. The Labute approximate surface area is 127 Å². The van der Waals surface area contributed by atoms with Crippen molar-refractivity contribution < 1.29 is 13.2 Å². The van der Waals surface area contributed by atoms with Crippen LogP contribution in [0, 0.1) is 0 Å².